The number of amides is 4. The van der Waals surface area contributed by atoms with Crippen molar-refractivity contribution in [3.8, 4) is 0 Å². The highest BCUT2D eigenvalue weighted by Gasteiger charge is 2.36. The number of nitrogens with zero attached hydrogens (tertiary/aromatic N) is 1. The van der Waals surface area contributed by atoms with Crippen molar-refractivity contribution in [2.75, 3.05) is 19.6 Å². The number of halogens is 1. The number of carbonyl (C=O) groups excluding carboxylic acids is 4. The Bertz CT molecular complexity index is 675. The minimum Gasteiger partial charge on any atom is -0.354 e. The first-order valence-electron chi connectivity index (χ1n) is 7.13. The van der Waals surface area contributed by atoms with Gasteiger partial charge in [0, 0.05) is 24.0 Å². The molecule has 23 heavy (non-hydrogen) atoms. The third kappa shape index (κ3) is 3.95. The fraction of sp³-hybridized carbons (Fsp3) is 0.333. The number of hydrogen-bond acceptors (Lipinski definition) is 4. The van der Waals surface area contributed by atoms with Crippen LogP contribution in [0, 0.1) is 0 Å². The molecule has 0 saturated carbocycles. The van der Waals surface area contributed by atoms with E-state index in [0.29, 0.717) is 23.0 Å². The van der Waals surface area contributed by atoms with Gasteiger partial charge in [0.2, 0.25) is 11.8 Å². The van der Waals surface area contributed by atoms with Crippen LogP contribution < -0.4 is 10.6 Å². The molecule has 4 amide bonds. The van der Waals surface area contributed by atoms with Crippen LogP contribution in [0.3, 0.4) is 0 Å². The third-order valence-corrected chi connectivity index (χ3v) is 3.82. The Morgan fingerprint density at radius 1 is 1.04 bits per heavy atom. The van der Waals surface area contributed by atoms with Gasteiger partial charge in [0.15, 0.2) is 0 Å². The molecule has 1 aliphatic rings. The van der Waals surface area contributed by atoms with E-state index in [2.05, 4.69) is 26.6 Å². The smallest absolute Gasteiger partial charge is 0.262 e. The average Bonchev–Trinajstić information content (AvgIpc) is 2.76. The molecule has 1 aromatic carbocycles. The van der Waals surface area contributed by atoms with E-state index in [9.17, 15) is 19.2 Å². The number of nitrogens with one attached hydrogen (secondary N) is 2. The Morgan fingerprint density at radius 3 is 2.30 bits per heavy atom. The van der Waals surface area contributed by atoms with E-state index in [1.807, 2.05) is 0 Å². The maximum absolute atomic E-state index is 12.2. The molecule has 0 aliphatic carbocycles. The van der Waals surface area contributed by atoms with Gasteiger partial charge >= 0.3 is 0 Å². The highest BCUT2D eigenvalue weighted by Crippen LogP contribution is 2.25. The second-order valence-corrected chi connectivity index (χ2v) is 5.86. The predicted molar refractivity (Wildman–Crippen MR) is 85.8 cm³/mol. The van der Waals surface area contributed by atoms with E-state index in [-0.39, 0.29) is 24.6 Å². The minimum absolute atomic E-state index is 0.106. The Labute approximate surface area is 141 Å². The first-order valence-corrected chi connectivity index (χ1v) is 7.92. The lowest BCUT2D eigenvalue weighted by molar-refractivity contribution is -0.122. The Balaban J connectivity index is 1.89. The van der Waals surface area contributed by atoms with Crippen LogP contribution in [-0.4, -0.2) is 48.2 Å². The molecular formula is C15H16BrN3O4. The normalized spacial score (nSPS) is 13.0. The monoisotopic (exact) mass is 381 g/mol. The first kappa shape index (κ1) is 17.1. The number of hydrogen-bond donors (Lipinski definition) is 2. The Morgan fingerprint density at radius 2 is 1.65 bits per heavy atom. The van der Waals surface area contributed by atoms with Crippen LogP contribution in [0.15, 0.2) is 22.7 Å². The van der Waals surface area contributed by atoms with Crippen LogP contribution in [0.25, 0.3) is 0 Å². The standard InChI is InChI=1S/C15H16BrN3O4/c1-2-12(20)17-5-6-18-13(21)8-19-14(22)10-4-3-9(16)7-11(10)15(19)23/h3-4,7H,2,5-6,8H2,1H3,(H,17,20)(H,18,21). The number of imide groups is 1. The second kappa shape index (κ2) is 7.36. The van der Waals surface area contributed by atoms with Crippen LogP contribution >= 0.6 is 15.9 Å². The molecule has 2 rings (SSSR count). The van der Waals surface area contributed by atoms with Gasteiger partial charge < -0.3 is 10.6 Å². The molecule has 0 saturated heterocycles. The zero-order valence-corrected chi connectivity index (χ0v) is 14.1. The molecule has 0 unspecified atom stereocenters. The zero-order chi connectivity index (χ0) is 17.0. The highest BCUT2D eigenvalue weighted by atomic mass is 79.9. The molecule has 0 fully saturated rings. The molecule has 7 nitrogen and oxygen atoms in total. The van der Waals surface area contributed by atoms with Crippen LogP contribution in [0.2, 0.25) is 0 Å². The van der Waals surface area contributed by atoms with Gasteiger partial charge in [-0.25, -0.2) is 0 Å². The summed E-state index contributed by atoms with van der Waals surface area (Å²) in [5, 5.41) is 5.17. The fourth-order valence-electron chi connectivity index (χ4n) is 2.13. The number of fused-ring (bicyclic) bond motifs is 1. The summed E-state index contributed by atoms with van der Waals surface area (Å²) < 4.78 is 0.690. The van der Waals surface area contributed by atoms with Crippen molar-refractivity contribution in [2.24, 2.45) is 0 Å². The molecule has 1 aromatic rings. The third-order valence-electron chi connectivity index (χ3n) is 3.32. The fourth-order valence-corrected chi connectivity index (χ4v) is 2.50. The molecule has 0 aromatic heterocycles. The van der Waals surface area contributed by atoms with Crippen molar-refractivity contribution in [2.45, 2.75) is 13.3 Å². The van der Waals surface area contributed by atoms with Crippen LogP contribution in [0.5, 0.6) is 0 Å². The first-order chi connectivity index (χ1) is 10.9. The summed E-state index contributed by atoms with van der Waals surface area (Å²) in [5.74, 6) is -1.53. The maximum atomic E-state index is 12.2. The minimum atomic E-state index is -0.485. The van der Waals surface area contributed by atoms with Crippen molar-refractivity contribution >= 4 is 39.6 Å². The van der Waals surface area contributed by atoms with E-state index in [1.54, 1.807) is 25.1 Å². The summed E-state index contributed by atoms with van der Waals surface area (Å²) in [5.41, 5.74) is 0.577. The summed E-state index contributed by atoms with van der Waals surface area (Å²) in [6.45, 7) is 1.92. The summed E-state index contributed by atoms with van der Waals surface area (Å²) in [4.78, 5) is 48.2. The lowest BCUT2D eigenvalue weighted by atomic mass is 10.1. The van der Waals surface area contributed by atoms with Crippen LogP contribution in [-0.2, 0) is 9.59 Å². The molecule has 0 atom stereocenters. The van der Waals surface area contributed by atoms with Crippen molar-refractivity contribution < 1.29 is 19.2 Å². The largest absolute Gasteiger partial charge is 0.354 e. The SMILES string of the molecule is CCC(=O)NCCNC(=O)CN1C(=O)c2ccc(Br)cc2C1=O. The maximum Gasteiger partial charge on any atom is 0.262 e. The Hall–Kier alpha value is -2.22. The predicted octanol–water partition coefficient (Wildman–Crippen LogP) is 0.687. The molecule has 0 radical (unpaired) electrons. The molecule has 1 heterocycles. The number of carbonyl (C=O) groups is 4. The van der Waals surface area contributed by atoms with E-state index >= 15 is 0 Å². The van der Waals surface area contributed by atoms with E-state index in [1.165, 1.54) is 0 Å². The van der Waals surface area contributed by atoms with Crippen LogP contribution in [0.4, 0.5) is 0 Å². The van der Waals surface area contributed by atoms with Gasteiger partial charge in [-0.15, -0.1) is 0 Å². The number of benzene rings is 1. The van der Waals surface area contributed by atoms with Gasteiger partial charge in [0.1, 0.15) is 6.54 Å². The lowest BCUT2D eigenvalue weighted by Gasteiger charge is -2.13. The van der Waals surface area contributed by atoms with Gasteiger partial charge in [-0.1, -0.05) is 22.9 Å². The quantitative estimate of drug-likeness (QED) is 0.559. The van der Waals surface area contributed by atoms with Crippen molar-refractivity contribution in [3.05, 3.63) is 33.8 Å². The van der Waals surface area contributed by atoms with Gasteiger partial charge in [-0.2, -0.15) is 0 Å². The van der Waals surface area contributed by atoms with Crippen LogP contribution in [0.1, 0.15) is 34.1 Å². The second-order valence-electron chi connectivity index (χ2n) is 4.94. The molecule has 0 spiro atoms. The summed E-state index contributed by atoms with van der Waals surface area (Å²) >= 11 is 3.25. The summed E-state index contributed by atoms with van der Waals surface area (Å²) in [6, 6.07) is 4.79. The van der Waals surface area contributed by atoms with E-state index in [4.69, 9.17) is 0 Å². The Kier molecular flexibility index (Phi) is 5.49. The molecular weight excluding hydrogens is 366 g/mol. The van der Waals surface area contributed by atoms with Gasteiger partial charge in [-0.3, -0.25) is 24.1 Å². The van der Waals surface area contributed by atoms with E-state index < -0.39 is 17.7 Å². The average molecular weight is 382 g/mol. The molecule has 0 bridgehead atoms. The summed E-state index contributed by atoms with van der Waals surface area (Å²) in [7, 11) is 0. The number of rotatable bonds is 6. The molecule has 122 valence electrons. The van der Waals surface area contributed by atoms with Crippen molar-refractivity contribution in [1.82, 2.24) is 15.5 Å². The van der Waals surface area contributed by atoms with Crippen molar-refractivity contribution in [1.29, 1.82) is 0 Å². The lowest BCUT2D eigenvalue weighted by Crippen LogP contribution is -2.42. The van der Waals surface area contributed by atoms with Crippen molar-refractivity contribution in [3.63, 3.8) is 0 Å². The summed E-state index contributed by atoms with van der Waals surface area (Å²) in [6.07, 6.45) is 0.374. The van der Waals surface area contributed by atoms with Gasteiger partial charge in [-0.05, 0) is 18.2 Å². The highest BCUT2D eigenvalue weighted by molar-refractivity contribution is 9.10. The van der Waals surface area contributed by atoms with E-state index in [0.717, 1.165) is 4.90 Å². The molecule has 1 aliphatic heterocycles. The topological polar surface area (TPSA) is 95.6 Å². The van der Waals surface area contributed by atoms with Gasteiger partial charge in [0.25, 0.3) is 11.8 Å². The molecule has 8 heteroatoms. The zero-order valence-electron chi connectivity index (χ0n) is 12.5. The molecule has 2 N–H and O–H groups in total. The van der Waals surface area contributed by atoms with Gasteiger partial charge in [0.05, 0.1) is 11.1 Å².